The van der Waals surface area contributed by atoms with Gasteiger partial charge in [0.05, 0.1) is 6.54 Å². The second-order valence-electron chi connectivity index (χ2n) is 3.75. The van der Waals surface area contributed by atoms with E-state index >= 15 is 0 Å². The summed E-state index contributed by atoms with van der Waals surface area (Å²) in [6.07, 6.45) is 0. The van der Waals surface area contributed by atoms with E-state index in [1.165, 1.54) is 11.3 Å². The highest BCUT2D eigenvalue weighted by atomic mass is 35.5. The van der Waals surface area contributed by atoms with Crippen LogP contribution in [0.25, 0.3) is 0 Å². The zero-order chi connectivity index (χ0) is 10.6. The molecular weight excluding hydrogens is 202 g/mol. The second kappa shape index (κ2) is 5.53. The van der Waals surface area contributed by atoms with Gasteiger partial charge in [0.25, 0.3) is 0 Å². The van der Waals surface area contributed by atoms with Crippen LogP contribution in [0.1, 0.15) is 6.92 Å². The van der Waals surface area contributed by atoms with Gasteiger partial charge in [-0.3, -0.25) is 14.1 Å². The van der Waals surface area contributed by atoms with Crippen LogP contribution in [0.3, 0.4) is 0 Å². The maximum absolute atomic E-state index is 10.8. The largest absolute Gasteiger partial charge is 0.304 e. The predicted molar refractivity (Wildman–Crippen MR) is 57.2 cm³/mol. The molecule has 1 saturated heterocycles. The van der Waals surface area contributed by atoms with Crippen molar-refractivity contribution in [3.8, 4) is 0 Å². The van der Waals surface area contributed by atoms with Gasteiger partial charge in [-0.25, -0.2) is 0 Å². The SMILES string of the molecule is CC(=O)N(Cl)CCN1CCN(C)CC1. The highest BCUT2D eigenvalue weighted by Gasteiger charge is 2.14. The van der Waals surface area contributed by atoms with E-state index in [0.717, 1.165) is 32.7 Å². The molecule has 0 aromatic carbocycles. The van der Waals surface area contributed by atoms with Crippen LogP contribution in [0.5, 0.6) is 0 Å². The summed E-state index contributed by atoms with van der Waals surface area (Å²) in [7, 11) is 2.13. The van der Waals surface area contributed by atoms with E-state index in [9.17, 15) is 4.79 Å². The van der Waals surface area contributed by atoms with E-state index in [4.69, 9.17) is 11.8 Å². The van der Waals surface area contributed by atoms with Gasteiger partial charge in [0.1, 0.15) is 0 Å². The Morgan fingerprint density at radius 1 is 1.36 bits per heavy atom. The number of hydrogen-bond acceptors (Lipinski definition) is 3. The minimum absolute atomic E-state index is 0.0826. The van der Waals surface area contributed by atoms with Crippen molar-refractivity contribution in [2.24, 2.45) is 0 Å². The fourth-order valence-electron chi connectivity index (χ4n) is 1.46. The predicted octanol–water partition coefficient (Wildman–Crippen LogP) is 0.236. The van der Waals surface area contributed by atoms with E-state index in [0.29, 0.717) is 6.54 Å². The fraction of sp³-hybridized carbons (Fsp3) is 0.889. The Morgan fingerprint density at radius 3 is 2.43 bits per heavy atom. The van der Waals surface area contributed by atoms with Gasteiger partial charge in [-0.05, 0) is 7.05 Å². The number of carbonyl (C=O) groups is 1. The van der Waals surface area contributed by atoms with Crippen LogP contribution in [0.2, 0.25) is 0 Å². The minimum atomic E-state index is -0.0826. The third kappa shape index (κ3) is 3.82. The molecule has 0 aromatic rings. The lowest BCUT2D eigenvalue weighted by Gasteiger charge is -2.32. The maximum Gasteiger partial charge on any atom is 0.233 e. The lowest BCUT2D eigenvalue weighted by molar-refractivity contribution is -0.124. The van der Waals surface area contributed by atoms with E-state index < -0.39 is 0 Å². The molecule has 0 N–H and O–H groups in total. The first kappa shape index (κ1) is 11.8. The van der Waals surface area contributed by atoms with Crippen molar-refractivity contribution in [2.75, 3.05) is 46.3 Å². The van der Waals surface area contributed by atoms with Crippen molar-refractivity contribution in [2.45, 2.75) is 6.92 Å². The molecule has 0 radical (unpaired) electrons. The highest BCUT2D eigenvalue weighted by molar-refractivity contribution is 6.20. The molecule has 0 unspecified atom stereocenters. The number of rotatable bonds is 3. The van der Waals surface area contributed by atoms with Crippen LogP contribution < -0.4 is 0 Å². The molecule has 1 aliphatic rings. The monoisotopic (exact) mass is 219 g/mol. The molecule has 0 saturated carbocycles. The molecule has 0 aromatic heterocycles. The molecule has 1 rings (SSSR count). The van der Waals surface area contributed by atoms with Crippen molar-refractivity contribution in [1.29, 1.82) is 0 Å². The lowest BCUT2D eigenvalue weighted by Crippen LogP contribution is -2.46. The van der Waals surface area contributed by atoms with E-state index in [-0.39, 0.29) is 5.91 Å². The topological polar surface area (TPSA) is 26.8 Å². The Hall–Kier alpha value is -0.320. The summed E-state index contributed by atoms with van der Waals surface area (Å²) in [5.41, 5.74) is 0. The Balaban J connectivity index is 2.16. The average molecular weight is 220 g/mol. The first-order chi connectivity index (χ1) is 6.59. The van der Waals surface area contributed by atoms with Crippen LogP contribution in [0.4, 0.5) is 0 Å². The minimum Gasteiger partial charge on any atom is -0.304 e. The van der Waals surface area contributed by atoms with E-state index in [2.05, 4.69) is 16.8 Å². The second-order valence-corrected chi connectivity index (χ2v) is 4.16. The molecule has 4 nitrogen and oxygen atoms in total. The number of halogens is 1. The van der Waals surface area contributed by atoms with Crippen molar-refractivity contribution < 1.29 is 4.79 Å². The third-order valence-corrected chi connectivity index (χ3v) is 2.96. The standard InChI is InChI=1S/C9H18ClN3O/c1-9(14)13(10)8-7-12-5-3-11(2)4-6-12/h3-8H2,1-2H3. The summed E-state index contributed by atoms with van der Waals surface area (Å²) >= 11 is 5.71. The van der Waals surface area contributed by atoms with Crippen LogP contribution in [0, 0.1) is 0 Å². The summed E-state index contributed by atoms with van der Waals surface area (Å²) in [5, 5.41) is 0. The van der Waals surface area contributed by atoms with Gasteiger partial charge in [0, 0.05) is 51.4 Å². The third-order valence-electron chi connectivity index (χ3n) is 2.55. The summed E-state index contributed by atoms with van der Waals surface area (Å²) < 4.78 is 1.25. The molecule has 0 spiro atoms. The lowest BCUT2D eigenvalue weighted by atomic mass is 10.3. The van der Waals surface area contributed by atoms with E-state index in [1.807, 2.05) is 0 Å². The Kier molecular flexibility index (Phi) is 4.65. The van der Waals surface area contributed by atoms with Gasteiger partial charge >= 0.3 is 0 Å². The molecule has 82 valence electrons. The highest BCUT2D eigenvalue weighted by Crippen LogP contribution is 2.01. The summed E-state index contributed by atoms with van der Waals surface area (Å²) in [4.78, 5) is 15.5. The molecule has 1 fully saturated rings. The number of nitrogens with zero attached hydrogens (tertiary/aromatic N) is 3. The zero-order valence-electron chi connectivity index (χ0n) is 8.87. The van der Waals surface area contributed by atoms with Gasteiger partial charge in [0.2, 0.25) is 5.91 Å². The number of likely N-dealkylation sites (N-methyl/N-ethyl adjacent to an activating group) is 1. The van der Waals surface area contributed by atoms with Crippen LogP contribution in [-0.2, 0) is 4.79 Å². The summed E-state index contributed by atoms with van der Waals surface area (Å²) in [6.45, 7) is 7.30. The number of amides is 1. The number of carbonyl (C=O) groups excluding carboxylic acids is 1. The molecule has 0 atom stereocenters. The molecule has 1 heterocycles. The zero-order valence-corrected chi connectivity index (χ0v) is 9.63. The van der Waals surface area contributed by atoms with Crippen LogP contribution >= 0.6 is 11.8 Å². The molecule has 0 aliphatic carbocycles. The molecular formula is C9H18ClN3O. The van der Waals surface area contributed by atoms with Gasteiger partial charge in [-0.15, -0.1) is 0 Å². The summed E-state index contributed by atoms with van der Waals surface area (Å²) in [6, 6.07) is 0. The van der Waals surface area contributed by atoms with Crippen LogP contribution in [0.15, 0.2) is 0 Å². The first-order valence-electron chi connectivity index (χ1n) is 4.94. The fourth-order valence-corrected chi connectivity index (χ4v) is 1.53. The van der Waals surface area contributed by atoms with Crippen molar-refractivity contribution in [3.63, 3.8) is 0 Å². The number of hydrogen-bond donors (Lipinski definition) is 0. The van der Waals surface area contributed by atoms with Gasteiger partial charge in [-0.1, -0.05) is 0 Å². The van der Waals surface area contributed by atoms with Crippen molar-refractivity contribution in [3.05, 3.63) is 0 Å². The average Bonchev–Trinajstić information content (AvgIpc) is 2.16. The number of piperazine rings is 1. The Bertz CT molecular complexity index is 192. The molecule has 14 heavy (non-hydrogen) atoms. The van der Waals surface area contributed by atoms with Gasteiger partial charge < -0.3 is 4.90 Å². The van der Waals surface area contributed by atoms with Crippen molar-refractivity contribution in [1.82, 2.24) is 14.2 Å². The Labute approximate surface area is 90.5 Å². The normalized spacial score (nSPS) is 19.6. The maximum atomic E-state index is 10.8. The Morgan fingerprint density at radius 2 is 1.93 bits per heavy atom. The van der Waals surface area contributed by atoms with Gasteiger partial charge in [-0.2, -0.15) is 0 Å². The first-order valence-corrected chi connectivity index (χ1v) is 5.28. The van der Waals surface area contributed by atoms with E-state index in [1.54, 1.807) is 0 Å². The molecule has 1 aliphatic heterocycles. The molecule has 5 heteroatoms. The molecule has 0 bridgehead atoms. The molecule has 1 amide bonds. The smallest absolute Gasteiger partial charge is 0.233 e. The van der Waals surface area contributed by atoms with Crippen molar-refractivity contribution >= 4 is 17.7 Å². The van der Waals surface area contributed by atoms with Gasteiger partial charge in [0.15, 0.2) is 0 Å². The van der Waals surface area contributed by atoms with Crippen LogP contribution in [-0.4, -0.2) is 66.4 Å². The summed E-state index contributed by atoms with van der Waals surface area (Å²) in [5.74, 6) is -0.0826. The quantitative estimate of drug-likeness (QED) is 0.637.